The van der Waals surface area contributed by atoms with E-state index in [-0.39, 0.29) is 11.3 Å². The molecule has 4 saturated carbocycles. The largest absolute Gasteiger partial charge is 0.444 e. The number of hydrogen-bond donors (Lipinski definition) is 1. The van der Waals surface area contributed by atoms with Crippen LogP contribution in [0.15, 0.2) is 4.42 Å². The minimum atomic E-state index is -0.0717. The molecule has 114 valence electrons. The highest BCUT2D eigenvalue weighted by Crippen LogP contribution is 2.60. The Kier molecular flexibility index (Phi) is 2.92. The first-order valence-electron chi connectivity index (χ1n) is 8.25. The molecule has 0 aromatic carbocycles. The summed E-state index contributed by atoms with van der Waals surface area (Å²) in [6.45, 7) is 4.26. The summed E-state index contributed by atoms with van der Waals surface area (Å²) in [5.41, 5.74) is 0.816. The molecule has 1 aromatic rings. The summed E-state index contributed by atoms with van der Waals surface area (Å²) in [5, 5.41) is 3.14. The lowest BCUT2D eigenvalue weighted by atomic mass is 9.49. The van der Waals surface area contributed by atoms with E-state index in [0.29, 0.717) is 12.4 Å². The number of amides is 1. The normalized spacial score (nSPS) is 37.0. The van der Waals surface area contributed by atoms with E-state index in [2.05, 4.69) is 10.3 Å². The highest BCUT2D eigenvalue weighted by Gasteiger charge is 2.54. The van der Waals surface area contributed by atoms with Crippen LogP contribution in [0.25, 0.3) is 0 Å². The number of nitrogens with one attached hydrogen (secondary N) is 1. The van der Waals surface area contributed by atoms with Gasteiger partial charge in [-0.3, -0.25) is 4.79 Å². The summed E-state index contributed by atoms with van der Waals surface area (Å²) in [4.78, 5) is 17.1. The maximum absolute atomic E-state index is 12.8. The second-order valence-electron chi connectivity index (χ2n) is 7.62. The highest BCUT2D eigenvalue weighted by atomic mass is 16.4. The number of rotatable bonds is 3. The van der Waals surface area contributed by atoms with Gasteiger partial charge in [0.1, 0.15) is 5.76 Å². The molecule has 0 spiro atoms. The Morgan fingerprint density at radius 2 is 1.76 bits per heavy atom. The fourth-order valence-electron chi connectivity index (χ4n) is 5.47. The fraction of sp³-hybridized carbons (Fsp3) is 0.765. The maximum atomic E-state index is 12.8. The third-order valence-electron chi connectivity index (χ3n) is 5.93. The molecule has 1 heterocycles. The lowest BCUT2D eigenvalue weighted by Crippen LogP contribution is -2.53. The number of carbonyl (C=O) groups is 1. The van der Waals surface area contributed by atoms with E-state index in [4.69, 9.17) is 4.42 Å². The van der Waals surface area contributed by atoms with Crippen LogP contribution in [0.5, 0.6) is 0 Å². The summed E-state index contributed by atoms with van der Waals surface area (Å²) < 4.78 is 5.56. The number of aryl methyl sites for hydroxylation is 2. The predicted molar refractivity (Wildman–Crippen MR) is 78.4 cm³/mol. The van der Waals surface area contributed by atoms with Gasteiger partial charge in [0.15, 0.2) is 5.89 Å². The van der Waals surface area contributed by atoms with E-state index in [1.54, 1.807) is 0 Å². The van der Waals surface area contributed by atoms with E-state index in [1.165, 1.54) is 19.3 Å². The average molecular weight is 288 g/mol. The van der Waals surface area contributed by atoms with E-state index in [1.807, 2.05) is 13.8 Å². The van der Waals surface area contributed by atoms with Crippen molar-refractivity contribution in [3.05, 3.63) is 17.3 Å². The van der Waals surface area contributed by atoms with Gasteiger partial charge in [-0.15, -0.1) is 0 Å². The first-order chi connectivity index (χ1) is 10.0. The second-order valence-corrected chi connectivity index (χ2v) is 7.62. The number of nitrogens with zero attached hydrogens (tertiary/aromatic N) is 1. The molecule has 1 aromatic heterocycles. The van der Waals surface area contributed by atoms with Crippen molar-refractivity contribution in [3.8, 4) is 0 Å². The van der Waals surface area contributed by atoms with Crippen LogP contribution in [0.1, 0.15) is 55.9 Å². The van der Waals surface area contributed by atoms with Crippen molar-refractivity contribution >= 4 is 5.91 Å². The molecule has 4 aliphatic carbocycles. The Hall–Kier alpha value is -1.32. The summed E-state index contributed by atoms with van der Waals surface area (Å²) in [6.07, 6.45) is 7.44. The molecule has 4 heteroatoms. The zero-order valence-corrected chi connectivity index (χ0v) is 12.9. The molecule has 0 aliphatic heterocycles. The van der Waals surface area contributed by atoms with E-state index >= 15 is 0 Å². The van der Waals surface area contributed by atoms with Gasteiger partial charge in [0, 0.05) is 12.3 Å². The van der Waals surface area contributed by atoms with Crippen LogP contribution < -0.4 is 5.32 Å². The smallest absolute Gasteiger partial charge is 0.226 e. The number of carbonyl (C=O) groups excluding carboxylic acids is 1. The summed E-state index contributed by atoms with van der Waals surface area (Å²) in [7, 11) is 0. The lowest BCUT2D eigenvalue weighted by Gasteiger charge is -2.55. The molecule has 0 atom stereocenters. The minimum Gasteiger partial charge on any atom is -0.444 e. The standard InChI is InChI=1S/C17H24N2O2/c1-10-15(21-11(2)19-10)9-18-16(20)17-6-12-3-13(7-17)5-14(4-12)8-17/h12-14H,3-9H2,1-2H3,(H,18,20). The van der Waals surface area contributed by atoms with Crippen molar-refractivity contribution in [1.82, 2.24) is 10.3 Å². The fourth-order valence-corrected chi connectivity index (χ4v) is 5.47. The van der Waals surface area contributed by atoms with Gasteiger partial charge in [0.05, 0.1) is 12.2 Å². The summed E-state index contributed by atoms with van der Waals surface area (Å²) in [5.74, 6) is 4.14. The quantitative estimate of drug-likeness (QED) is 0.929. The lowest BCUT2D eigenvalue weighted by molar-refractivity contribution is -0.146. The average Bonchev–Trinajstić information content (AvgIpc) is 2.72. The molecule has 0 saturated heterocycles. The van der Waals surface area contributed by atoms with Crippen molar-refractivity contribution < 1.29 is 9.21 Å². The zero-order valence-electron chi connectivity index (χ0n) is 12.9. The molecule has 4 aliphatic rings. The van der Waals surface area contributed by atoms with Crippen LogP contribution in [0, 0.1) is 37.0 Å². The van der Waals surface area contributed by atoms with Gasteiger partial charge in [-0.1, -0.05) is 0 Å². The molecule has 21 heavy (non-hydrogen) atoms. The monoisotopic (exact) mass is 288 g/mol. The third kappa shape index (κ3) is 2.19. The van der Waals surface area contributed by atoms with E-state index in [9.17, 15) is 4.79 Å². The van der Waals surface area contributed by atoms with Gasteiger partial charge in [0.25, 0.3) is 0 Å². The van der Waals surface area contributed by atoms with Gasteiger partial charge in [-0.05, 0) is 63.2 Å². The molecule has 4 fully saturated rings. The van der Waals surface area contributed by atoms with Crippen LogP contribution in [0.3, 0.4) is 0 Å². The Labute approximate surface area is 125 Å². The Morgan fingerprint density at radius 1 is 1.19 bits per heavy atom. The molecule has 0 unspecified atom stereocenters. The van der Waals surface area contributed by atoms with E-state index in [0.717, 1.165) is 48.5 Å². The predicted octanol–water partition coefficient (Wildman–Crippen LogP) is 3.12. The molecule has 5 rings (SSSR count). The number of hydrogen-bond acceptors (Lipinski definition) is 3. The van der Waals surface area contributed by atoms with Crippen molar-refractivity contribution in [3.63, 3.8) is 0 Å². The van der Waals surface area contributed by atoms with Crippen LogP contribution in [0.2, 0.25) is 0 Å². The first kappa shape index (κ1) is 13.4. The van der Waals surface area contributed by atoms with Gasteiger partial charge in [-0.25, -0.2) is 4.98 Å². The molecular formula is C17H24N2O2. The Bertz CT molecular complexity index is 540. The number of oxazole rings is 1. The maximum Gasteiger partial charge on any atom is 0.226 e. The summed E-state index contributed by atoms with van der Waals surface area (Å²) in [6, 6.07) is 0. The van der Waals surface area contributed by atoms with Crippen molar-refractivity contribution in [2.75, 3.05) is 0 Å². The zero-order chi connectivity index (χ0) is 14.6. The molecular weight excluding hydrogens is 264 g/mol. The van der Waals surface area contributed by atoms with Gasteiger partial charge in [-0.2, -0.15) is 0 Å². The van der Waals surface area contributed by atoms with Gasteiger partial charge in [0.2, 0.25) is 5.91 Å². The summed E-state index contributed by atoms with van der Waals surface area (Å²) >= 11 is 0. The third-order valence-corrected chi connectivity index (χ3v) is 5.93. The minimum absolute atomic E-state index is 0.0717. The Morgan fingerprint density at radius 3 is 2.24 bits per heavy atom. The van der Waals surface area contributed by atoms with Crippen LogP contribution in [0.4, 0.5) is 0 Å². The second kappa shape index (κ2) is 4.59. The Balaban J connectivity index is 1.46. The van der Waals surface area contributed by atoms with Crippen LogP contribution in [-0.2, 0) is 11.3 Å². The first-order valence-corrected chi connectivity index (χ1v) is 8.25. The SMILES string of the molecule is Cc1nc(C)c(CNC(=O)C23CC4CC(CC(C4)C2)C3)o1. The van der Waals surface area contributed by atoms with Crippen LogP contribution in [-0.4, -0.2) is 10.9 Å². The molecule has 4 nitrogen and oxygen atoms in total. The molecule has 4 bridgehead atoms. The van der Waals surface area contributed by atoms with Crippen molar-refractivity contribution in [2.24, 2.45) is 23.2 Å². The van der Waals surface area contributed by atoms with Crippen molar-refractivity contribution in [2.45, 2.75) is 58.9 Å². The van der Waals surface area contributed by atoms with Gasteiger partial charge >= 0.3 is 0 Å². The topological polar surface area (TPSA) is 55.1 Å². The number of aromatic nitrogens is 1. The van der Waals surface area contributed by atoms with Gasteiger partial charge < -0.3 is 9.73 Å². The van der Waals surface area contributed by atoms with E-state index < -0.39 is 0 Å². The molecule has 1 N–H and O–H groups in total. The molecule has 1 amide bonds. The highest BCUT2D eigenvalue weighted by molar-refractivity contribution is 5.83. The van der Waals surface area contributed by atoms with Crippen molar-refractivity contribution in [1.29, 1.82) is 0 Å². The molecule has 0 radical (unpaired) electrons. The van der Waals surface area contributed by atoms with Crippen LogP contribution >= 0.6 is 0 Å².